The number of aromatic nitrogens is 1. The van der Waals surface area contributed by atoms with Gasteiger partial charge in [-0.2, -0.15) is 0 Å². The molecule has 4 nitrogen and oxygen atoms in total. The van der Waals surface area contributed by atoms with Crippen molar-refractivity contribution in [2.45, 2.75) is 27.7 Å². The molecule has 1 heterocycles. The first-order chi connectivity index (χ1) is 10.8. The lowest BCUT2D eigenvalue weighted by molar-refractivity contribution is -0.385. The number of fused-ring (bicyclic) bond motifs is 1. The van der Waals surface area contributed by atoms with Gasteiger partial charge in [-0.3, -0.25) is 10.1 Å². The van der Waals surface area contributed by atoms with Crippen LogP contribution in [-0.4, -0.2) is 9.91 Å². The van der Waals surface area contributed by atoms with E-state index in [9.17, 15) is 10.1 Å². The molecule has 0 aliphatic rings. The summed E-state index contributed by atoms with van der Waals surface area (Å²) in [5.74, 6) is 0. The standard InChI is InChI=1S/C17H15ClN2O2S/c1-8-5-9(2)7-12(6-8)17-19-14-11(4)15(20(21)22)13(18)10(3)16(14)23-17/h5-7H,1-4H3. The fourth-order valence-electron chi connectivity index (χ4n) is 2.82. The first-order valence-electron chi connectivity index (χ1n) is 7.12. The molecule has 0 radical (unpaired) electrons. The topological polar surface area (TPSA) is 56.0 Å². The molecule has 1 aromatic heterocycles. The van der Waals surface area contributed by atoms with E-state index in [1.165, 1.54) is 11.3 Å². The molecular weight excluding hydrogens is 332 g/mol. The third-order valence-electron chi connectivity index (χ3n) is 3.87. The Hall–Kier alpha value is -1.98. The van der Waals surface area contributed by atoms with Gasteiger partial charge in [-0.05, 0) is 45.4 Å². The van der Waals surface area contributed by atoms with E-state index in [2.05, 4.69) is 23.2 Å². The molecule has 118 valence electrons. The van der Waals surface area contributed by atoms with Gasteiger partial charge in [0.05, 0.1) is 20.7 Å². The minimum Gasteiger partial charge on any atom is -0.258 e. The van der Waals surface area contributed by atoms with Crippen molar-refractivity contribution in [3.8, 4) is 10.6 Å². The number of nitrogens with zero attached hydrogens (tertiary/aromatic N) is 2. The molecule has 0 amide bonds. The van der Waals surface area contributed by atoms with E-state index in [0.29, 0.717) is 16.6 Å². The quantitative estimate of drug-likeness (QED) is 0.438. The molecule has 0 fully saturated rings. The largest absolute Gasteiger partial charge is 0.293 e. The Morgan fingerprint density at radius 3 is 2.26 bits per heavy atom. The Balaban J connectivity index is 2.33. The van der Waals surface area contributed by atoms with Crippen LogP contribution in [0.15, 0.2) is 18.2 Å². The summed E-state index contributed by atoms with van der Waals surface area (Å²) in [6, 6.07) is 6.26. The van der Waals surface area contributed by atoms with Crippen molar-refractivity contribution >= 4 is 38.8 Å². The van der Waals surface area contributed by atoms with Crippen LogP contribution in [0, 0.1) is 37.8 Å². The zero-order chi connectivity index (χ0) is 16.9. The number of rotatable bonds is 2. The van der Waals surface area contributed by atoms with E-state index < -0.39 is 4.92 Å². The fraction of sp³-hybridized carbons (Fsp3) is 0.235. The van der Waals surface area contributed by atoms with Gasteiger partial charge in [0.2, 0.25) is 0 Å². The Morgan fingerprint density at radius 1 is 1.09 bits per heavy atom. The molecule has 6 heteroatoms. The van der Waals surface area contributed by atoms with Gasteiger partial charge >= 0.3 is 0 Å². The molecule has 0 aliphatic heterocycles. The maximum absolute atomic E-state index is 11.3. The molecule has 0 atom stereocenters. The zero-order valence-corrected chi connectivity index (χ0v) is 14.8. The number of halogens is 1. The van der Waals surface area contributed by atoms with Crippen LogP contribution in [0.3, 0.4) is 0 Å². The highest BCUT2D eigenvalue weighted by Crippen LogP contribution is 2.42. The van der Waals surface area contributed by atoms with Crippen LogP contribution in [-0.2, 0) is 0 Å². The smallest absolute Gasteiger partial charge is 0.258 e. The highest BCUT2D eigenvalue weighted by atomic mass is 35.5. The molecule has 0 aliphatic carbocycles. The summed E-state index contributed by atoms with van der Waals surface area (Å²) in [5.41, 5.74) is 5.21. The summed E-state index contributed by atoms with van der Waals surface area (Å²) in [4.78, 5) is 15.5. The predicted molar refractivity (Wildman–Crippen MR) is 95.7 cm³/mol. The van der Waals surface area contributed by atoms with Crippen molar-refractivity contribution in [3.63, 3.8) is 0 Å². The Labute approximate surface area is 142 Å². The second-order valence-corrected chi connectivity index (χ2v) is 7.12. The number of benzene rings is 2. The third kappa shape index (κ3) is 2.60. The summed E-state index contributed by atoms with van der Waals surface area (Å²) in [7, 11) is 0. The molecular formula is C17H15ClN2O2S. The molecule has 0 N–H and O–H groups in total. The van der Waals surface area contributed by atoms with Crippen LogP contribution in [0.2, 0.25) is 5.02 Å². The number of aryl methyl sites for hydroxylation is 4. The summed E-state index contributed by atoms with van der Waals surface area (Å²) < 4.78 is 0.909. The normalized spacial score (nSPS) is 11.2. The molecule has 0 unspecified atom stereocenters. The van der Waals surface area contributed by atoms with Gasteiger partial charge in [-0.25, -0.2) is 4.98 Å². The lowest BCUT2D eigenvalue weighted by Gasteiger charge is -2.04. The number of nitro groups is 1. The number of nitro benzene ring substituents is 1. The van der Waals surface area contributed by atoms with Gasteiger partial charge < -0.3 is 0 Å². The van der Waals surface area contributed by atoms with Crippen LogP contribution in [0.4, 0.5) is 5.69 Å². The first-order valence-corrected chi connectivity index (χ1v) is 8.31. The second kappa shape index (κ2) is 5.58. The summed E-state index contributed by atoms with van der Waals surface area (Å²) in [5, 5.41) is 12.4. The Kier molecular flexibility index (Phi) is 3.86. The summed E-state index contributed by atoms with van der Waals surface area (Å²) in [6.07, 6.45) is 0. The molecule has 0 saturated carbocycles. The monoisotopic (exact) mass is 346 g/mol. The Morgan fingerprint density at radius 2 is 1.70 bits per heavy atom. The van der Waals surface area contributed by atoms with Gasteiger partial charge in [0.1, 0.15) is 10.0 Å². The summed E-state index contributed by atoms with van der Waals surface area (Å²) in [6.45, 7) is 7.60. The molecule has 2 aromatic carbocycles. The molecule has 23 heavy (non-hydrogen) atoms. The lowest BCUT2D eigenvalue weighted by Crippen LogP contribution is -1.96. The van der Waals surface area contributed by atoms with E-state index in [1.54, 1.807) is 13.8 Å². The highest BCUT2D eigenvalue weighted by molar-refractivity contribution is 7.22. The van der Waals surface area contributed by atoms with Gasteiger partial charge in [0, 0.05) is 5.56 Å². The Bertz CT molecular complexity index is 943. The van der Waals surface area contributed by atoms with Gasteiger partial charge in [0.25, 0.3) is 5.69 Å². The van der Waals surface area contributed by atoms with E-state index in [1.807, 2.05) is 13.8 Å². The van der Waals surface area contributed by atoms with E-state index in [-0.39, 0.29) is 10.7 Å². The highest BCUT2D eigenvalue weighted by Gasteiger charge is 2.25. The van der Waals surface area contributed by atoms with E-state index >= 15 is 0 Å². The van der Waals surface area contributed by atoms with Gasteiger partial charge in [-0.1, -0.05) is 28.8 Å². The predicted octanol–water partition coefficient (Wildman–Crippen LogP) is 5.76. The van der Waals surface area contributed by atoms with Gasteiger partial charge in [-0.15, -0.1) is 11.3 Å². The first kappa shape index (κ1) is 15.9. The van der Waals surface area contributed by atoms with Crippen molar-refractivity contribution in [1.29, 1.82) is 0 Å². The van der Waals surface area contributed by atoms with Gasteiger partial charge in [0.15, 0.2) is 0 Å². The molecule has 0 spiro atoms. The van der Waals surface area contributed by atoms with Crippen LogP contribution in [0.1, 0.15) is 22.3 Å². The van der Waals surface area contributed by atoms with Crippen LogP contribution >= 0.6 is 22.9 Å². The third-order valence-corrected chi connectivity index (χ3v) is 5.55. The van der Waals surface area contributed by atoms with Crippen molar-refractivity contribution in [2.24, 2.45) is 0 Å². The summed E-state index contributed by atoms with van der Waals surface area (Å²) >= 11 is 7.74. The number of hydrogen-bond acceptors (Lipinski definition) is 4. The minimum absolute atomic E-state index is 0.0473. The molecule has 3 aromatic rings. The fourth-order valence-corrected chi connectivity index (χ4v) is 4.30. The van der Waals surface area contributed by atoms with Crippen molar-refractivity contribution in [1.82, 2.24) is 4.98 Å². The lowest BCUT2D eigenvalue weighted by atomic mass is 10.1. The maximum atomic E-state index is 11.3. The molecule has 3 rings (SSSR count). The number of hydrogen-bond donors (Lipinski definition) is 0. The average Bonchev–Trinajstić information content (AvgIpc) is 2.89. The SMILES string of the molecule is Cc1cc(C)cc(-c2nc3c(C)c([N+](=O)[O-])c(Cl)c(C)c3s2)c1. The van der Waals surface area contributed by atoms with Crippen LogP contribution in [0.25, 0.3) is 20.8 Å². The van der Waals surface area contributed by atoms with Crippen molar-refractivity contribution in [2.75, 3.05) is 0 Å². The minimum atomic E-state index is -0.431. The second-order valence-electron chi connectivity index (χ2n) is 5.74. The number of thiazole rings is 1. The average molecular weight is 347 g/mol. The van der Waals surface area contributed by atoms with E-state index in [0.717, 1.165) is 26.4 Å². The maximum Gasteiger partial charge on any atom is 0.293 e. The van der Waals surface area contributed by atoms with Crippen LogP contribution in [0.5, 0.6) is 0 Å². The molecule has 0 bridgehead atoms. The van der Waals surface area contributed by atoms with E-state index in [4.69, 9.17) is 11.6 Å². The van der Waals surface area contributed by atoms with Crippen LogP contribution < -0.4 is 0 Å². The molecule has 0 saturated heterocycles. The zero-order valence-electron chi connectivity index (χ0n) is 13.2. The van der Waals surface area contributed by atoms with Crippen molar-refractivity contribution in [3.05, 3.63) is 55.6 Å². The van der Waals surface area contributed by atoms with Crippen molar-refractivity contribution < 1.29 is 4.92 Å².